The van der Waals surface area contributed by atoms with Gasteiger partial charge in [-0.25, -0.2) is 4.68 Å². The zero-order valence-corrected chi connectivity index (χ0v) is 11.2. The van der Waals surface area contributed by atoms with Crippen molar-refractivity contribution in [3.8, 4) is 0 Å². The van der Waals surface area contributed by atoms with Crippen LogP contribution in [0.25, 0.3) is 0 Å². The van der Waals surface area contributed by atoms with Gasteiger partial charge in [-0.15, -0.1) is 5.10 Å². The molecule has 2 aliphatic carbocycles. The highest BCUT2D eigenvalue weighted by atomic mass is 16.4. The number of rotatable bonds is 5. The van der Waals surface area contributed by atoms with E-state index in [4.69, 9.17) is 5.11 Å². The van der Waals surface area contributed by atoms with Gasteiger partial charge in [0.15, 0.2) is 0 Å². The van der Waals surface area contributed by atoms with Crippen molar-refractivity contribution in [2.75, 3.05) is 0 Å². The Kier molecular flexibility index (Phi) is 3.42. The fraction of sp³-hybridized carbons (Fsp3) is 0.692. The first-order valence-electron chi connectivity index (χ1n) is 7.00. The van der Waals surface area contributed by atoms with Crippen LogP contribution < -0.4 is 5.32 Å². The third-order valence-electron chi connectivity index (χ3n) is 4.40. The third kappa shape index (κ3) is 2.66. The molecule has 1 aromatic rings. The van der Waals surface area contributed by atoms with Crippen LogP contribution in [0, 0.1) is 17.8 Å². The molecule has 2 N–H and O–H groups in total. The van der Waals surface area contributed by atoms with Crippen molar-refractivity contribution < 1.29 is 14.7 Å². The van der Waals surface area contributed by atoms with Crippen molar-refractivity contribution in [2.45, 2.75) is 38.8 Å². The number of carbonyl (C=O) groups is 2. The van der Waals surface area contributed by atoms with Gasteiger partial charge < -0.3 is 10.4 Å². The van der Waals surface area contributed by atoms with Crippen molar-refractivity contribution >= 4 is 11.9 Å². The monoisotopic (exact) mass is 278 g/mol. The van der Waals surface area contributed by atoms with E-state index >= 15 is 0 Å². The van der Waals surface area contributed by atoms with Gasteiger partial charge in [-0.3, -0.25) is 9.59 Å². The van der Waals surface area contributed by atoms with Gasteiger partial charge in [-0.05, 0) is 31.1 Å². The highest BCUT2D eigenvalue weighted by Crippen LogP contribution is 2.48. The maximum Gasteiger partial charge on any atom is 0.325 e. The summed E-state index contributed by atoms with van der Waals surface area (Å²) < 4.78 is 1.25. The molecule has 7 nitrogen and oxygen atoms in total. The Hall–Kier alpha value is -1.92. The number of carbonyl (C=O) groups excluding carboxylic acids is 1. The summed E-state index contributed by atoms with van der Waals surface area (Å²) in [4.78, 5) is 22.7. The highest BCUT2D eigenvalue weighted by Gasteiger charge is 2.42. The molecule has 2 aliphatic rings. The second-order valence-corrected chi connectivity index (χ2v) is 5.80. The van der Waals surface area contributed by atoms with Gasteiger partial charge in [0, 0.05) is 5.92 Å². The smallest absolute Gasteiger partial charge is 0.325 e. The first kappa shape index (κ1) is 13.1. The van der Waals surface area contributed by atoms with E-state index in [1.165, 1.54) is 23.9 Å². The summed E-state index contributed by atoms with van der Waals surface area (Å²) in [6.45, 7) is 0.0969. The van der Waals surface area contributed by atoms with Crippen LogP contribution in [-0.2, 0) is 22.7 Å². The van der Waals surface area contributed by atoms with Crippen LogP contribution in [0.1, 0.15) is 31.4 Å². The number of fused-ring (bicyclic) bond motifs is 2. The van der Waals surface area contributed by atoms with Crippen LogP contribution >= 0.6 is 0 Å². The standard InChI is InChI=1S/C13H18N4O3/c18-12(19)7-17-6-10(15-16-17)5-14-13(20)11-4-8-1-2-9(11)3-8/h6,8-9,11H,1-5,7H2,(H,14,20)(H,18,19). The lowest BCUT2D eigenvalue weighted by Crippen LogP contribution is -2.33. The summed E-state index contributed by atoms with van der Waals surface area (Å²) in [6, 6.07) is 0. The van der Waals surface area contributed by atoms with E-state index in [-0.39, 0.29) is 18.4 Å². The number of carboxylic acids is 1. The third-order valence-corrected chi connectivity index (χ3v) is 4.40. The van der Waals surface area contributed by atoms with Crippen molar-refractivity contribution in [3.05, 3.63) is 11.9 Å². The van der Waals surface area contributed by atoms with Gasteiger partial charge in [0.1, 0.15) is 12.2 Å². The van der Waals surface area contributed by atoms with Gasteiger partial charge in [0.25, 0.3) is 0 Å². The van der Waals surface area contributed by atoms with Gasteiger partial charge in [-0.2, -0.15) is 0 Å². The molecule has 0 aliphatic heterocycles. The number of hydrogen-bond donors (Lipinski definition) is 2. The molecule has 2 saturated carbocycles. The zero-order valence-electron chi connectivity index (χ0n) is 11.2. The number of aromatic nitrogens is 3. The molecular formula is C13H18N4O3. The molecule has 20 heavy (non-hydrogen) atoms. The van der Waals surface area contributed by atoms with Crippen LogP contribution in [0.2, 0.25) is 0 Å². The summed E-state index contributed by atoms with van der Waals surface area (Å²) >= 11 is 0. The predicted octanol–water partition coefficient (Wildman–Crippen LogP) is 0.415. The first-order valence-corrected chi connectivity index (χ1v) is 7.00. The fourth-order valence-electron chi connectivity index (χ4n) is 3.51. The average molecular weight is 278 g/mol. The maximum absolute atomic E-state index is 12.1. The molecule has 3 rings (SSSR count). The van der Waals surface area contributed by atoms with Gasteiger partial charge in [0.05, 0.1) is 12.7 Å². The van der Waals surface area contributed by atoms with Crippen molar-refractivity contribution in [2.24, 2.45) is 17.8 Å². The molecule has 2 fully saturated rings. The molecule has 108 valence electrons. The lowest BCUT2D eigenvalue weighted by atomic mass is 9.88. The van der Waals surface area contributed by atoms with Crippen LogP contribution in [0.3, 0.4) is 0 Å². The summed E-state index contributed by atoms with van der Waals surface area (Å²) in [7, 11) is 0. The van der Waals surface area contributed by atoms with Crippen molar-refractivity contribution in [1.82, 2.24) is 20.3 Å². The number of carboxylic acid groups (broad SMARTS) is 1. The van der Waals surface area contributed by atoms with E-state index in [0.29, 0.717) is 18.2 Å². The predicted molar refractivity (Wildman–Crippen MR) is 68.4 cm³/mol. The Balaban J connectivity index is 1.50. The molecule has 3 unspecified atom stereocenters. The van der Waals surface area contributed by atoms with E-state index in [1.54, 1.807) is 6.20 Å². The van der Waals surface area contributed by atoms with Gasteiger partial charge in [0.2, 0.25) is 5.91 Å². The van der Waals surface area contributed by atoms with Crippen molar-refractivity contribution in [1.29, 1.82) is 0 Å². The van der Waals surface area contributed by atoms with Crippen LogP contribution in [0.4, 0.5) is 0 Å². The molecule has 7 heteroatoms. The summed E-state index contributed by atoms with van der Waals surface area (Å²) in [6.07, 6.45) is 6.22. The molecular weight excluding hydrogens is 260 g/mol. The molecule has 0 aromatic carbocycles. The van der Waals surface area contributed by atoms with Crippen molar-refractivity contribution in [3.63, 3.8) is 0 Å². The molecule has 3 atom stereocenters. The molecule has 1 amide bonds. The lowest BCUT2D eigenvalue weighted by molar-refractivity contribution is -0.138. The molecule has 0 spiro atoms. The van der Waals surface area contributed by atoms with Gasteiger partial charge in [-0.1, -0.05) is 11.6 Å². The quantitative estimate of drug-likeness (QED) is 0.813. The highest BCUT2D eigenvalue weighted by molar-refractivity contribution is 5.79. The topological polar surface area (TPSA) is 97.1 Å². The Bertz CT molecular complexity index is 527. The number of aliphatic carboxylic acids is 1. The van der Waals surface area contributed by atoms with E-state index in [9.17, 15) is 9.59 Å². The molecule has 0 radical (unpaired) electrons. The Morgan fingerprint density at radius 2 is 2.25 bits per heavy atom. The van der Waals surface area contributed by atoms with Crippen LogP contribution in [0.15, 0.2) is 6.20 Å². The minimum absolute atomic E-state index is 0.102. The number of amides is 1. The Morgan fingerprint density at radius 3 is 2.90 bits per heavy atom. The Labute approximate surface area is 116 Å². The summed E-state index contributed by atoms with van der Waals surface area (Å²) in [5.41, 5.74) is 0.586. The maximum atomic E-state index is 12.1. The molecule has 2 bridgehead atoms. The summed E-state index contributed by atoms with van der Waals surface area (Å²) in [5, 5.41) is 19.1. The molecule has 1 heterocycles. The van der Waals surface area contributed by atoms with Crippen LogP contribution in [0.5, 0.6) is 0 Å². The Morgan fingerprint density at radius 1 is 1.40 bits per heavy atom. The average Bonchev–Trinajstić information content (AvgIpc) is 3.11. The second kappa shape index (κ2) is 5.22. The number of nitrogens with one attached hydrogen (secondary N) is 1. The van der Waals surface area contributed by atoms with E-state index in [1.807, 2.05) is 0 Å². The van der Waals surface area contributed by atoms with Gasteiger partial charge >= 0.3 is 5.97 Å². The molecule has 0 saturated heterocycles. The van der Waals surface area contributed by atoms with E-state index < -0.39 is 5.97 Å². The first-order chi connectivity index (χ1) is 9.61. The second-order valence-electron chi connectivity index (χ2n) is 5.80. The zero-order chi connectivity index (χ0) is 14.1. The van der Waals surface area contributed by atoms with E-state index in [0.717, 1.165) is 12.3 Å². The van der Waals surface area contributed by atoms with E-state index in [2.05, 4.69) is 15.6 Å². The minimum Gasteiger partial charge on any atom is -0.480 e. The minimum atomic E-state index is -0.965. The van der Waals surface area contributed by atoms with Crippen LogP contribution in [-0.4, -0.2) is 32.0 Å². The summed E-state index contributed by atoms with van der Waals surface area (Å²) in [5.74, 6) is 0.593. The fourth-order valence-corrected chi connectivity index (χ4v) is 3.51. The SMILES string of the molecule is O=C(O)Cn1cc(CNC(=O)C2CC3CCC2C3)nn1. The number of hydrogen-bond acceptors (Lipinski definition) is 4. The lowest BCUT2D eigenvalue weighted by Gasteiger charge is -2.20. The molecule has 1 aromatic heterocycles. The number of nitrogens with zero attached hydrogens (tertiary/aromatic N) is 3. The largest absolute Gasteiger partial charge is 0.480 e. The normalized spacial score (nSPS) is 27.7.